The van der Waals surface area contributed by atoms with Gasteiger partial charge in [0.2, 0.25) is 10.0 Å². The van der Waals surface area contributed by atoms with E-state index in [1.54, 1.807) is 16.8 Å². The molecule has 0 saturated carbocycles. The van der Waals surface area contributed by atoms with Crippen molar-refractivity contribution in [3.8, 4) is 0 Å². The van der Waals surface area contributed by atoms with Crippen LogP contribution in [0.25, 0.3) is 0 Å². The number of thiophene rings is 1. The van der Waals surface area contributed by atoms with Gasteiger partial charge in [-0.2, -0.15) is 11.3 Å². The highest BCUT2D eigenvalue weighted by atomic mass is 32.2. The minimum absolute atomic E-state index is 0.236. The molecule has 0 spiro atoms. The summed E-state index contributed by atoms with van der Waals surface area (Å²) in [6.07, 6.45) is 0. The molecule has 1 heterocycles. The minimum Gasteiger partial charge on any atom is -0.384 e. The standard InChI is InChI=1S/C13H14FNO3S2/c1-13(16,10-6-7-19-8-10)9-15-20(17,18)12-5-3-2-4-11(12)14/h2-8,15-16H,9H2,1H3/t13-/m0/s1. The highest BCUT2D eigenvalue weighted by molar-refractivity contribution is 7.89. The van der Waals surface area contributed by atoms with Crippen LogP contribution in [0.5, 0.6) is 0 Å². The lowest BCUT2D eigenvalue weighted by Crippen LogP contribution is -2.38. The van der Waals surface area contributed by atoms with Crippen molar-refractivity contribution in [3.63, 3.8) is 0 Å². The summed E-state index contributed by atoms with van der Waals surface area (Å²) in [5, 5.41) is 13.8. The van der Waals surface area contributed by atoms with Gasteiger partial charge in [-0.1, -0.05) is 12.1 Å². The molecule has 0 aliphatic rings. The zero-order valence-electron chi connectivity index (χ0n) is 10.7. The Morgan fingerprint density at radius 3 is 2.65 bits per heavy atom. The molecule has 1 aromatic heterocycles. The van der Waals surface area contributed by atoms with Crippen LogP contribution in [-0.4, -0.2) is 20.1 Å². The van der Waals surface area contributed by atoms with Crippen LogP contribution in [0.15, 0.2) is 46.0 Å². The van der Waals surface area contributed by atoms with Crippen LogP contribution < -0.4 is 4.72 Å². The number of rotatable bonds is 5. The van der Waals surface area contributed by atoms with E-state index in [0.717, 1.165) is 6.07 Å². The molecule has 0 aliphatic carbocycles. The summed E-state index contributed by atoms with van der Waals surface area (Å²) in [6.45, 7) is 1.26. The van der Waals surface area contributed by atoms with Crippen molar-refractivity contribution < 1.29 is 17.9 Å². The predicted molar refractivity (Wildman–Crippen MR) is 75.5 cm³/mol. The lowest BCUT2D eigenvalue weighted by molar-refractivity contribution is 0.0632. The van der Waals surface area contributed by atoms with E-state index in [1.807, 2.05) is 0 Å². The van der Waals surface area contributed by atoms with E-state index >= 15 is 0 Å². The maximum atomic E-state index is 13.5. The first kappa shape index (κ1) is 15.1. The molecular weight excluding hydrogens is 301 g/mol. The number of benzene rings is 1. The third-order valence-electron chi connectivity index (χ3n) is 2.88. The second-order valence-electron chi connectivity index (χ2n) is 4.54. The second kappa shape index (κ2) is 5.61. The summed E-state index contributed by atoms with van der Waals surface area (Å²) in [6, 6.07) is 6.81. The normalized spacial score (nSPS) is 14.9. The molecule has 2 aromatic rings. The quantitative estimate of drug-likeness (QED) is 0.888. The van der Waals surface area contributed by atoms with Gasteiger partial charge in [0.15, 0.2) is 0 Å². The summed E-state index contributed by atoms with van der Waals surface area (Å²) >= 11 is 1.40. The topological polar surface area (TPSA) is 66.4 Å². The predicted octanol–water partition coefficient (Wildman–Crippen LogP) is 2.07. The Balaban J connectivity index is 2.17. The van der Waals surface area contributed by atoms with E-state index in [4.69, 9.17) is 0 Å². The Kier molecular flexibility index (Phi) is 4.24. The highest BCUT2D eigenvalue weighted by Gasteiger charge is 2.27. The van der Waals surface area contributed by atoms with Crippen molar-refractivity contribution in [1.82, 2.24) is 4.72 Å². The third-order valence-corrected chi connectivity index (χ3v) is 4.99. The Bertz CT molecular complexity index is 681. The molecule has 1 atom stereocenters. The smallest absolute Gasteiger partial charge is 0.243 e. The first-order valence-electron chi connectivity index (χ1n) is 5.82. The molecule has 20 heavy (non-hydrogen) atoms. The van der Waals surface area contributed by atoms with Crippen LogP contribution in [0.2, 0.25) is 0 Å². The number of halogens is 1. The van der Waals surface area contributed by atoms with Gasteiger partial charge in [-0.15, -0.1) is 0 Å². The third kappa shape index (κ3) is 3.24. The van der Waals surface area contributed by atoms with Gasteiger partial charge in [0.05, 0.1) is 0 Å². The van der Waals surface area contributed by atoms with E-state index in [2.05, 4.69) is 4.72 Å². The zero-order chi connectivity index (χ0) is 14.8. The van der Waals surface area contributed by atoms with E-state index in [1.165, 1.54) is 36.5 Å². The average Bonchev–Trinajstić information content (AvgIpc) is 2.92. The van der Waals surface area contributed by atoms with E-state index in [9.17, 15) is 17.9 Å². The Labute approximate surface area is 120 Å². The van der Waals surface area contributed by atoms with Crippen LogP contribution in [0, 0.1) is 5.82 Å². The van der Waals surface area contributed by atoms with Gasteiger partial charge in [-0.3, -0.25) is 0 Å². The summed E-state index contributed by atoms with van der Waals surface area (Å²) in [7, 11) is -4.00. The summed E-state index contributed by atoms with van der Waals surface area (Å²) in [4.78, 5) is -0.430. The molecule has 0 amide bonds. The minimum atomic E-state index is -4.00. The van der Waals surface area contributed by atoms with E-state index < -0.39 is 26.3 Å². The van der Waals surface area contributed by atoms with Crippen molar-refractivity contribution in [3.05, 3.63) is 52.5 Å². The molecule has 7 heteroatoms. The van der Waals surface area contributed by atoms with Crippen LogP contribution >= 0.6 is 11.3 Å². The Hall–Kier alpha value is -1.28. The van der Waals surface area contributed by atoms with Gasteiger partial charge in [0, 0.05) is 6.54 Å². The second-order valence-corrected chi connectivity index (χ2v) is 7.06. The van der Waals surface area contributed by atoms with Gasteiger partial charge in [-0.05, 0) is 41.4 Å². The van der Waals surface area contributed by atoms with Gasteiger partial charge < -0.3 is 5.11 Å². The summed E-state index contributed by atoms with van der Waals surface area (Å²) in [5.41, 5.74) is -0.739. The number of hydrogen-bond donors (Lipinski definition) is 2. The molecule has 0 unspecified atom stereocenters. The van der Waals surface area contributed by atoms with Crippen LogP contribution in [0.3, 0.4) is 0 Å². The number of aliphatic hydroxyl groups is 1. The number of sulfonamides is 1. The van der Waals surface area contributed by atoms with Crippen molar-refractivity contribution >= 4 is 21.4 Å². The highest BCUT2D eigenvalue weighted by Crippen LogP contribution is 2.23. The average molecular weight is 315 g/mol. The lowest BCUT2D eigenvalue weighted by atomic mass is 10.0. The molecule has 0 fully saturated rings. The molecular formula is C13H14FNO3S2. The number of hydrogen-bond acceptors (Lipinski definition) is 4. The molecule has 2 rings (SSSR count). The van der Waals surface area contributed by atoms with E-state index in [-0.39, 0.29) is 6.54 Å². The molecule has 108 valence electrons. The molecule has 0 saturated heterocycles. The van der Waals surface area contributed by atoms with E-state index in [0.29, 0.717) is 5.56 Å². The fourth-order valence-electron chi connectivity index (χ4n) is 1.65. The molecule has 2 N–H and O–H groups in total. The molecule has 1 aromatic carbocycles. The first-order chi connectivity index (χ1) is 9.33. The van der Waals surface area contributed by atoms with Crippen molar-refractivity contribution in [1.29, 1.82) is 0 Å². The van der Waals surface area contributed by atoms with Crippen LogP contribution in [0.4, 0.5) is 4.39 Å². The SMILES string of the molecule is C[C@](O)(CNS(=O)(=O)c1ccccc1F)c1ccsc1. The fourth-order valence-corrected chi connectivity index (χ4v) is 3.64. The maximum Gasteiger partial charge on any atom is 0.243 e. The monoisotopic (exact) mass is 315 g/mol. The van der Waals surface area contributed by atoms with Gasteiger partial charge in [0.1, 0.15) is 16.3 Å². The largest absolute Gasteiger partial charge is 0.384 e. The van der Waals surface area contributed by atoms with Crippen LogP contribution in [-0.2, 0) is 15.6 Å². The molecule has 0 radical (unpaired) electrons. The van der Waals surface area contributed by atoms with Gasteiger partial charge in [0.25, 0.3) is 0 Å². The number of nitrogens with one attached hydrogen (secondary N) is 1. The molecule has 0 bridgehead atoms. The maximum absolute atomic E-state index is 13.5. The van der Waals surface area contributed by atoms with Crippen molar-refractivity contribution in [2.75, 3.05) is 6.54 Å². The molecule has 0 aliphatic heterocycles. The fraction of sp³-hybridized carbons (Fsp3) is 0.231. The Morgan fingerprint density at radius 1 is 1.35 bits per heavy atom. The van der Waals surface area contributed by atoms with Crippen molar-refractivity contribution in [2.45, 2.75) is 17.4 Å². The zero-order valence-corrected chi connectivity index (χ0v) is 12.3. The van der Waals surface area contributed by atoms with Gasteiger partial charge >= 0.3 is 0 Å². The van der Waals surface area contributed by atoms with Crippen LogP contribution in [0.1, 0.15) is 12.5 Å². The summed E-state index contributed by atoms with van der Waals surface area (Å²) < 4.78 is 39.7. The van der Waals surface area contributed by atoms with Gasteiger partial charge in [-0.25, -0.2) is 17.5 Å². The Morgan fingerprint density at radius 2 is 2.05 bits per heavy atom. The van der Waals surface area contributed by atoms with Crippen molar-refractivity contribution in [2.24, 2.45) is 0 Å². The summed E-state index contributed by atoms with van der Waals surface area (Å²) in [5.74, 6) is -0.824. The first-order valence-corrected chi connectivity index (χ1v) is 8.25. The molecule has 4 nitrogen and oxygen atoms in total. The lowest BCUT2D eigenvalue weighted by Gasteiger charge is -2.22.